The number of carbonyl (C=O) groups is 1. The summed E-state index contributed by atoms with van der Waals surface area (Å²) in [6.45, 7) is 5.26. The van der Waals surface area contributed by atoms with Gasteiger partial charge in [0.1, 0.15) is 0 Å². The van der Waals surface area contributed by atoms with Crippen LogP contribution in [0.25, 0.3) is 0 Å². The lowest BCUT2D eigenvalue weighted by molar-refractivity contribution is 0.0980. The van der Waals surface area contributed by atoms with Crippen LogP contribution in [0.3, 0.4) is 0 Å². The molecule has 0 unspecified atom stereocenters. The number of anilines is 1. The maximum absolute atomic E-state index is 13.0. The molecular formula is C19H23NO5S2. The zero-order chi connectivity index (χ0) is 20.4. The molecule has 1 amide bonds. The van der Waals surface area contributed by atoms with E-state index in [9.17, 15) is 21.6 Å². The molecule has 6 nitrogen and oxygen atoms in total. The zero-order valence-corrected chi connectivity index (χ0v) is 17.3. The average molecular weight is 410 g/mol. The van der Waals surface area contributed by atoms with Crippen molar-refractivity contribution in [3.63, 3.8) is 0 Å². The fraction of sp³-hybridized carbons (Fsp3) is 0.316. The Morgan fingerprint density at radius 2 is 1.37 bits per heavy atom. The Labute approximate surface area is 160 Å². The van der Waals surface area contributed by atoms with Crippen molar-refractivity contribution in [2.75, 3.05) is 16.9 Å². The van der Waals surface area contributed by atoms with Gasteiger partial charge < -0.3 is 4.90 Å². The molecule has 0 saturated heterocycles. The van der Waals surface area contributed by atoms with Gasteiger partial charge in [-0.1, -0.05) is 6.92 Å². The van der Waals surface area contributed by atoms with Crippen LogP contribution in [0.5, 0.6) is 0 Å². The third-order valence-corrected chi connectivity index (χ3v) is 7.00. The van der Waals surface area contributed by atoms with Gasteiger partial charge in [-0.25, -0.2) is 16.8 Å². The van der Waals surface area contributed by atoms with Crippen molar-refractivity contribution in [1.82, 2.24) is 0 Å². The van der Waals surface area contributed by atoms with Gasteiger partial charge in [0.05, 0.1) is 15.5 Å². The summed E-state index contributed by atoms with van der Waals surface area (Å²) >= 11 is 0. The summed E-state index contributed by atoms with van der Waals surface area (Å²) in [5.74, 6) is -0.303. The van der Waals surface area contributed by atoms with Crippen molar-refractivity contribution in [2.24, 2.45) is 0 Å². The Morgan fingerprint density at radius 1 is 0.889 bits per heavy atom. The van der Waals surface area contributed by atoms with Crippen LogP contribution >= 0.6 is 0 Å². The number of hydrogen-bond donors (Lipinski definition) is 0. The summed E-state index contributed by atoms with van der Waals surface area (Å²) in [7, 11) is -6.65. The number of sulfone groups is 2. The molecule has 2 rings (SSSR count). The summed E-state index contributed by atoms with van der Waals surface area (Å²) in [5.41, 5.74) is 0.915. The molecule has 0 spiro atoms. The van der Waals surface area contributed by atoms with Crippen molar-refractivity contribution in [3.05, 3.63) is 54.1 Å². The molecule has 0 aliphatic rings. The smallest absolute Gasteiger partial charge is 0.258 e. The van der Waals surface area contributed by atoms with Crippen LogP contribution in [0.4, 0.5) is 5.69 Å². The number of carbonyl (C=O) groups excluding carboxylic acids is 1. The monoisotopic (exact) mass is 409 g/mol. The second-order valence-corrected chi connectivity index (χ2v) is 10.8. The van der Waals surface area contributed by atoms with Gasteiger partial charge in [0.2, 0.25) is 0 Å². The zero-order valence-electron chi connectivity index (χ0n) is 15.7. The van der Waals surface area contributed by atoms with Gasteiger partial charge in [-0.3, -0.25) is 4.79 Å². The molecule has 0 aromatic heterocycles. The third-order valence-electron chi connectivity index (χ3n) is 4.12. The molecule has 0 bridgehead atoms. The Kier molecular flexibility index (Phi) is 6.11. The maximum Gasteiger partial charge on any atom is 0.258 e. The van der Waals surface area contributed by atoms with Crippen LogP contribution in [0.15, 0.2) is 58.3 Å². The molecule has 0 heterocycles. The highest BCUT2D eigenvalue weighted by Gasteiger charge is 2.22. The lowest BCUT2D eigenvalue weighted by atomic mass is 10.1. The summed E-state index contributed by atoms with van der Waals surface area (Å²) in [4.78, 5) is 14.8. The van der Waals surface area contributed by atoms with Gasteiger partial charge in [-0.05, 0) is 62.4 Å². The van der Waals surface area contributed by atoms with Crippen LogP contribution in [0.2, 0.25) is 0 Å². The molecule has 8 heteroatoms. The van der Waals surface area contributed by atoms with E-state index in [1.54, 1.807) is 19.1 Å². The Bertz CT molecular complexity index is 1020. The topological polar surface area (TPSA) is 88.6 Å². The molecule has 0 aliphatic heterocycles. The van der Waals surface area contributed by atoms with Gasteiger partial charge in [0, 0.05) is 23.5 Å². The van der Waals surface area contributed by atoms with E-state index in [-0.39, 0.29) is 27.5 Å². The second kappa shape index (κ2) is 7.82. The number of amides is 1. The Hall–Kier alpha value is -2.19. The average Bonchev–Trinajstić information content (AvgIpc) is 2.61. The SMILES string of the molecule is CCS(=O)(=O)c1ccc(C(=O)N(c2ccc(S(C)(=O)=O)cc2)C(C)C)cc1. The predicted octanol–water partition coefficient (Wildman–Crippen LogP) is 2.94. The molecule has 2 aromatic carbocycles. The molecule has 146 valence electrons. The Balaban J connectivity index is 2.38. The standard InChI is InChI=1S/C19H23NO5S2/c1-5-27(24,25)18-10-6-15(7-11-18)19(21)20(14(2)3)16-8-12-17(13-9-16)26(4,22)23/h6-14H,5H2,1-4H3. The number of hydrogen-bond acceptors (Lipinski definition) is 5. The van der Waals surface area contributed by atoms with E-state index in [1.807, 2.05) is 13.8 Å². The minimum atomic E-state index is -3.33. The fourth-order valence-electron chi connectivity index (χ4n) is 2.61. The van der Waals surface area contributed by atoms with E-state index in [0.717, 1.165) is 6.26 Å². The lowest BCUT2D eigenvalue weighted by Gasteiger charge is -2.27. The highest BCUT2D eigenvalue weighted by Crippen LogP contribution is 2.23. The summed E-state index contributed by atoms with van der Waals surface area (Å²) in [6.07, 6.45) is 1.12. The fourth-order valence-corrected chi connectivity index (χ4v) is 4.13. The van der Waals surface area contributed by atoms with Crippen molar-refractivity contribution >= 4 is 31.3 Å². The number of rotatable bonds is 6. The number of benzene rings is 2. The normalized spacial score (nSPS) is 12.2. The summed E-state index contributed by atoms with van der Waals surface area (Å²) in [5, 5.41) is 0. The number of nitrogens with zero attached hydrogens (tertiary/aromatic N) is 1. The minimum Gasteiger partial charge on any atom is -0.306 e. The van der Waals surface area contributed by atoms with E-state index in [0.29, 0.717) is 11.3 Å². The van der Waals surface area contributed by atoms with E-state index < -0.39 is 19.7 Å². The van der Waals surface area contributed by atoms with E-state index >= 15 is 0 Å². The van der Waals surface area contributed by atoms with E-state index in [1.165, 1.54) is 41.3 Å². The lowest BCUT2D eigenvalue weighted by Crippen LogP contribution is -2.37. The van der Waals surface area contributed by atoms with Crippen molar-refractivity contribution in [3.8, 4) is 0 Å². The first-order chi connectivity index (χ1) is 12.5. The van der Waals surface area contributed by atoms with Crippen LogP contribution in [0, 0.1) is 0 Å². The first-order valence-corrected chi connectivity index (χ1v) is 12.0. The van der Waals surface area contributed by atoms with Crippen LogP contribution in [0.1, 0.15) is 31.1 Å². The molecule has 0 atom stereocenters. The van der Waals surface area contributed by atoms with Crippen LogP contribution in [-0.2, 0) is 19.7 Å². The molecule has 27 heavy (non-hydrogen) atoms. The first-order valence-electron chi connectivity index (χ1n) is 8.44. The van der Waals surface area contributed by atoms with Gasteiger partial charge in [-0.15, -0.1) is 0 Å². The van der Waals surface area contributed by atoms with Crippen molar-refractivity contribution in [1.29, 1.82) is 0 Å². The molecule has 2 aromatic rings. The van der Waals surface area contributed by atoms with E-state index in [2.05, 4.69) is 0 Å². The predicted molar refractivity (Wildman–Crippen MR) is 106 cm³/mol. The minimum absolute atomic E-state index is 0.00883. The maximum atomic E-state index is 13.0. The molecular weight excluding hydrogens is 386 g/mol. The second-order valence-electron chi connectivity index (χ2n) is 6.46. The van der Waals surface area contributed by atoms with Gasteiger partial charge in [-0.2, -0.15) is 0 Å². The molecule has 0 radical (unpaired) electrons. The molecule has 0 N–H and O–H groups in total. The quantitative estimate of drug-likeness (QED) is 0.732. The third kappa shape index (κ3) is 4.75. The first kappa shape index (κ1) is 21.1. The van der Waals surface area contributed by atoms with Gasteiger partial charge in [0.15, 0.2) is 19.7 Å². The summed E-state index contributed by atoms with van der Waals surface area (Å²) in [6, 6.07) is 11.8. The molecule has 0 aliphatic carbocycles. The van der Waals surface area contributed by atoms with Crippen LogP contribution < -0.4 is 4.90 Å². The van der Waals surface area contributed by atoms with E-state index in [4.69, 9.17) is 0 Å². The highest BCUT2D eigenvalue weighted by molar-refractivity contribution is 7.91. The molecule has 0 saturated carbocycles. The highest BCUT2D eigenvalue weighted by atomic mass is 32.2. The van der Waals surface area contributed by atoms with Gasteiger partial charge in [0.25, 0.3) is 5.91 Å². The Morgan fingerprint density at radius 3 is 1.78 bits per heavy atom. The van der Waals surface area contributed by atoms with Crippen LogP contribution in [-0.4, -0.2) is 40.8 Å². The van der Waals surface area contributed by atoms with Gasteiger partial charge >= 0.3 is 0 Å². The largest absolute Gasteiger partial charge is 0.306 e. The van der Waals surface area contributed by atoms with Crippen molar-refractivity contribution in [2.45, 2.75) is 36.6 Å². The molecule has 0 fully saturated rings. The summed E-state index contributed by atoms with van der Waals surface area (Å²) < 4.78 is 47.1. The van der Waals surface area contributed by atoms with Crippen molar-refractivity contribution < 1.29 is 21.6 Å².